The summed E-state index contributed by atoms with van der Waals surface area (Å²) in [6.45, 7) is 0. The Morgan fingerprint density at radius 3 is 2.65 bits per heavy atom. The largest absolute Gasteiger partial charge is 0.323 e. The normalized spacial score (nSPS) is 23.3. The second kappa shape index (κ2) is 6.27. The Bertz CT molecular complexity index is 839. The molecule has 7 heteroatoms. The second-order valence-corrected chi connectivity index (χ2v) is 7.93. The van der Waals surface area contributed by atoms with Crippen LogP contribution in [0.1, 0.15) is 62.2 Å². The highest BCUT2D eigenvalue weighted by Gasteiger charge is 2.43. The molecule has 2 fully saturated rings. The molecule has 26 heavy (non-hydrogen) atoms. The van der Waals surface area contributed by atoms with Gasteiger partial charge in [0, 0.05) is 12.8 Å². The van der Waals surface area contributed by atoms with Crippen molar-refractivity contribution >= 4 is 5.65 Å². The molecule has 5 nitrogen and oxygen atoms in total. The highest BCUT2D eigenvalue weighted by atomic mass is 19.3. The first kappa shape index (κ1) is 17.3. The number of hydrogen-bond donors (Lipinski definition) is 1. The molecule has 1 atom stereocenters. The third-order valence-corrected chi connectivity index (χ3v) is 6.15. The first-order valence-corrected chi connectivity index (χ1v) is 9.30. The molecule has 0 spiro atoms. The number of nitrogens with zero attached hydrogens (tertiary/aromatic N) is 4. The van der Waals surface area contributed by atoms with E-state index in [-0.39, 0.29) is 24.8 Å². The van der Waals surface area contributed by atoms with Gasteiger partial charge in [-0.15, -0.1) is 0 Å². The minimum atomic E-state index is -2.50. The van der Waals surface area contributed by atoms with Gasteiger partial charge in [0.25, 0.3) is 0 Å². The molecule has 2 saturated carbocycles. The highest BCUT2D eigenvalue weighted by Crippen LogP contribution is 2.48. The molecule has 2 aliphatic rings. The Balaban J connectivity index is 1.50. The lowest BCUT2D eigenvalue weighted by Gasteiger charge is -2.40. The van der Waals surface area contributed by atoms with E-state index in [2.05, 4.69) is 16.2 Å². The first-order chi connectivity index (χ1) is 12.4. The third kappa shape index (κ3) is 3.07. The fourth-order valence-electron chi connectivity index (χ4n) is 4.18. The third-order valence-electron chi connectivity index (χ3n) is 6.15. The number of aromatic nitrogens is 3. The van der Waals surface area contributed by atoms with Crippen LogP contribution < -0.4 is 5.73 Å². The van der Waals surface area contributed by atoms with Gasteiger partial charge < -0.3 is 5.73 Å². The molecule has 138 valence electrons. The average Bonchev–Trinajstić information content (AvgIpc) is 2.97. The predicted octanol–water partition coefficient (Wildman–Crippen LogP) is 3.79. The van der Waals surface area contributed by atoms with E-state index >= 15 is 0 Å². The lowest BCUT2D eigenvalue weighted by Crippen LogP contribution is -2.39. The van der Waals surface area contributed by atoms with Crippen molar-refractivity contribution < 1.29 is 8.78 Å². The van der Waals surface area contributed by atoms with E-state index in [1.54, 1.807) is 10.7 Å². The van der Waals surface area contributed by atoms with Gasteiger partial charge in [-0.2, -0.15) is 10.4 Å². The molecular weight excluding hydrogens is 336 g/mol. The Hall–Kier alpha value is -2.07. The van der Waals surface area contributed by atoms with E-state index in [4.69, 9.17) is 5.73 Å². The second-order valence-electron chi connectivity index (χ2n) is 7.93. The molecule has 2 aromatic rings. The maximum Gasteiger partial charge on any atom is 0.248 e. The zero-order valence-corrected chi connectivity index (χ0v) is 14.7. The van der Waals surface area contributed by atoms with Crippen LogP contribution in [0, 0.1) is 22.7 Å². The summed E-state index contributed by atoms with van der Waals surface area (Å²) in [7, 11) is 0. The van der Waals surface area contributed by atoms with Crippen molar-refractivity contribution in [1.29, 1.82) is 5.26 Å². The molecule has 1 unspecified atom stereocenters. The Kier molecular flexibility index (Phi) is 4.19. The van der Waals surface area contributed by atoms with Crippen LogP contribution in [-0.2, 0) is 6.42 Å². The number of imidazole rings is 1. The van der Waals surface area contributed by atoms with Crippen LogP contribution in [0.25, 0.3) is 5.65 Å². The maximum absolute atomic E-state index is 13.3. The quantitative estimate of drug-likeness (QED) is 0.901. The summed E-state index contributed by atoms with van der Waals surface area (Å²) < 4.78 is 28.3. The summed E-state index contributed by atoms with van der Waals surface area (Å²) in [6, 6.07) is 3.92. The molecule has 0 radical (unpaired) electrons. The monoisotopic (exact) mass is 359 g/mol. The fraction of sp³-hybridized carbons (Fsp3) is 0.632. The standard InChI is InChI=1S/C19H23F2N5/c20-19(21)6-2-13(3-7-19)8-15-11-26-16(25-15)9-14(10-24-26)17(23)18(12-22)4-1-5-18/h9-11,13,17H,1-8,23H2. The van der Waals surface area contributed by atoms with E-state index in [9.17, 15) is 14.0 Å². The fourth-order valence-corrected chi connectivity index (χ4v) is 4.18. The number of alkyl halides is 2. The van der Waals surface area contributed by atoms with E-state index in [1.165, 1.54) is 0 Å². The van der Waals surface area contributed by atoms with Gasteiger partial charge in [-0.25, -0.2) is 18.3 Å². The van der Waals surface area contributed by atoms with E-state index in [1.807, 2.05) is 12.3 Å². The molecule has 2 N–H and O–H groups in total. The van der Waals surface area contributed by atoms with Crippen molar-refractivity contribution in [2.75, 3.05) is 0 Å². The minimum absolute atomic E-state index is 0.0292. The zero-order valence-electron chi connectivity index (χ0n) is 14.7. The number of halogens is 2. The van der Waals surface area contributed by atoms with Crippen molar-refractivity contribution in [3.05, 3.63) is 29.7 Å². The van der Waals surface area contributed by atoms with Gasteiger partial charge in [0.05, 0.1) is 35.6 Å². The van der Waals surface area contributed by atoms with Crippen LogP contribution in [-0.4, -0.2) is 20.5 Å². The summed E-state index contributed by atoms with van der Waals surface area (Å²) in [5.74, 6) is -2.25. The molecule has 0 amide bonds. The van der Waals surface area contributed by atoms with Crippen molar-refractivity contribution in [2.45, 2.75) is 63.3 Å². The maximum atomic E-state index is 13.3. The summed E-state index contributed by atoms with van der Waals surface area (Å²) in [5, 5.41) is 13.9. The highest BCUT2D eigenvalue weighted by molar-refractivity contribution is 5.42. The summed E-state index contributed by atoms with van der Waals surface area (Å²) in [4.78, 5) is 4.61. The predicted molar refractivity (Wildman–Crippen MR) is 92.4 cm³/mol. The topological polar surface area (TPSA) is 80.0 Å². The number of nitriles is 1. The smallest absolute Gasteiger partial charge is 0.248 e. The first-order valence-electron chi connectivity index (χ1n) is 9.30. The Labute approximate surface area is 151 Å². The molecule has 2 aliphatic carbocycles. The Morgan fingerprint density at radius 1 is 1.31 bits per heavy atom. The minimum Gasteiger partial charge on any atom is -0.323 e. The van der Waals surface area contributed by atoms with Crippen LogP contribution in [0.3, 0.4) is 0 Å². The van der Waals surface area contributed by atoms with Gasteiger partial charge in [0.1, 0.15) is 0 Å². The van der Waals surface area contributed by atoms with Gasteiger partial charge in [0.15, 0.2) is 5.65 Å². The van der Waals surface area contributed by atoms with E-state index in [0.29, 0.717) is 24.9 Å². The van der Waals surface area contributed by atoms with Crippen LogP contribution in [0.15, 0.2) is 18.5 Å². The molecule has 2 heterocycles. The van der Waals surface area contributed by atoms with Gasteiger partial charge in [-0.3, -0.25) is 0 Å². The molecule has 0 saturated heterocycles. The van der Waals surface area contributed by atoms with E-state index < -0.39 is 11.3 Å². The van der Waals surface area contributed by atoms with Gasteiger partial charge in [0.2, 0.25) is 5.92 Å². The lowest BCUT2D eigenvalue weighted by atomic mass is 9.64. The number of fused-ring (bicyclic) bond motifs is 1. The zero-order chi connectivity index (χ0) is 18.4. The molecule has 0 aliphatic heterocycles. The van der Waals surface area contributed by atoms with E-state index in [0.717, 1.165) is 30.5 Å². The van der Waals surface area contributed by atoms with Gasteiger partial charge >= 0.3 is 0 Å². The summed E-state index contributed by atoms with van der Waals surface area (Å²) in [6.07, 6.45) is 7.96. The molecule has 0 aromatic carbocycles. The summed E-state index contributed by atoms with van der Waals surface area (Å²) in [5.41, 5.74) is 8.26. The molecule has 4 rings (SSSR count). The van der Waals surface area contributed by atoms with Crippen LogP contribution >= 0.6 is 0 Å². The average molecular weight is 359 g/mol. The molecule has 0 bridgehead atoms. The number of rotatable bonds is 4. The van der Waals surface area contributed by atoms with Crippen LogP contribution in [0.5, 0.6) is 0 Å². The van der Waals surface area contributed by atoms with Crippen molar-refractivity contribution in [2.24, 2.45) is 17.1 Å². The molecule has 2 aromatic heterocycles. The van der Waals surface area contributed by atoms with Crippen molar-refractivity contribution in [3.8, 4) is 6.07 Å². The molecular formula is C19H23F2N5. The Morgan fingerprint density at radius 2 is 2.04 bits per heavy atom. The lowest BCUT2D eigenvalue weighted by molar-refractivity contribution is -0.0457. The SMILES string of the molecule is N#CC1(C(N)c2cnn3cc(CC4CCC(F)(F)CC4)nc3c2)CCC1. The summed E-state index contributed by atoms with van der Waals surface area (Å²) >= 11 is 0. The van der Waals surface area contributed by atoms with Gasteiger partial charge in [-0.1, -0.05) is 6.42 Å². The van der Waals surface area contributed by atoms with Crippen molar-refractivity contribution in [1.82, 2.24) is 14.6 Å². The number of nitrogens with two attached hydrogens (primary N) is 1. The van der Waals surface area contributed by atoms with Crippen molar-refractivity contribution in [3.63, 3.8) is 0 Å². The van der Waals surface area contributed by atoms with Crippen LogP contribution in [0.2, 0.25) is 0 Å². The number of hydrogen-bond acceptors (Lipinski definition) is 4. The van der Waals surface area contributed by atoms with Crippen LogP contribution in [0.4, 0.5) is 8.78 Å². The van der Waals surface area contributed by atoms with Gasteiger partial charge in [-0.05, 0) is 49.7 Å².